The highest BCUT2D eigenvalue weighted by Gasteiger charge is 2.35. The number of methoxy groups -OCH3 is 1. The first-order valence-corrected chi connectivity index (χ1v) is 9.26. The molecule has 0 radical (unpaired) electrons. The molecule has 2 amide bonds. The number of para-hydroxylation sites is 1. The van der Waals surface area contributed by atoms with Crippen molar-refractivity contribution in [3.8, 4) is 5.75 Å². The first-order valence-electron chi connectivity index (χ1n) is 9.26. The van der Waals surface area contributed by atoms with Gasteiger partial charge in [0.25, 0.3) is 5.91 Å². The molecule has 0 bridgehead atoms. The fourth-order valence-electron chi connectivity index (χ4n) is 3.01. The largest absolute Gasteiger partial charge is 0.484 e. The number of anilines is 2. The summed E-state index contributed by atoms with van der Waals surface area (Å²) in [7, 11) is 1.24. The van der Waals surface area contributed by atoms with Crippen molar-refractivity contribution in [3.05, 3.63) is 54.6 Å². The molecule has 8 nitrogen and oxygen atoms in total. The lowest BCUT2D eigenvalue weighted by molar-refractivity contribution is -0.151. The van der Waals surface area contributed by atoms with E-state index in [1.54, 1.807) is 12.1 Å². The molecule has 1 heterocycles. The van der Waals surface area contributed by atoms with E-state index in [9.17, 15) is 14.4 Å². The Labute approximate surface area is 168 Å². The second-order valence-corrected chi connectivity index (χ2v) is 6.48. The number of ether oxygens (including phenoxy) is 2. The molecule has 1 atom stereocenters. The summed E-state index contributed by atoms with van der Waals surface area (Å²) in [5.41, 5.74) is 1.86. The highest BCUT2D eigenvalue weighted by atomic mass is 16.5. The van der Waals surface area contributed by atoms with Crippen LogP contribution < -0.4 is 15.4 Å². The molecule has 0 aromatic heterocycles. The van der Waals surface area contributed by atoms with Crippen LogP contribution in [0.5, 0.6) is 5.75 Å². The number of amides is 2. The van der Waals surface area contributed by atoms with E-state index >= 15 is 0 Å². The zero-order valence-corrected chi connectivity index (χ0v) is 16.1. The first kappa shape index (κ1) is 20.2. The highest BCUT2D eigenvalue weighted by molar-refractivity contribution is 5.92. The zero-order chi connectivity index (χ0) is 20.6. The number of esters is 1. The molecule has 1 unspecified atom stereocenters. The molecule has 1 fully saturated rings. The van der Waals surface area contributed by atoms with Crippen LogP contribution in [-0.2, 0) is 19.1 Å². The Bertz CT molecular complexity index is 854. The third kappa shape index (κ3) is 5.47. The second kappa shape index (κ2) is 9.59. The minimum Gasteiger partial charge on any atom is -0.484 e. The van der Waals surface area contributed by atoms with Gasteiger partial charge in [0.2, 0.25) is 5.91 Å². The molecule has 1 saturated heterocycles. The van der Waals surface area contributed by atoms with E-state index in [0.29, 0.717) is 18.8 Å². The van der Waals surface area contributed by atoms with Crippen molar-refractivity contribution in [2.75, 3.05) is 32.1 Å². The number of hydrogen-bond donors (Lipinski definition) is 2. The summed E-state index contributed by atoms with van der Waals surface area (Å²) in [6.45, 7) is 0.425. The lowest BCUT2D eigenvalue weighted by Gasteiger charge is -2.34. The van der Waals surface area contributed by atoms with Crippen LogP contribution in [0.3, 0.4) is 0 Å². The standard InChI is InChI=1S/C21H23N3O5/c1-28-20(26)13-18-21(27)22-11-12-24(18)19(25)14-29-17-9-7-16(8-10-17)23-15-5-3-2-4-6-15/h2-10,18,23H,11-14H2,1H3,(H,22,27). The van der Waals surface area contributed by atoms with E-state index in [1.165, 1.54) is 12.0 Å². The molecule has 2 N–H and O–H groups in total. The number of hydrogen-bond acceptors (Lipinski definition) is 6. The maximum absolute atomic E-state index is 12.6. The number of nitrogens with zero attached hydrogens (tertiary/aromatic N) is 1. The van der Waals surface area contributed by atoms with Gasteiger partial charge in [0.05, 0.1) is 13.5 Å². The minimum atomic E-state index is -0.884. The molecular formula is C21H23N3O5. The molecule has 8 heteroatoms. The number of benzene rings is 2. The van der Waals surface area contributed by atoms with Gasteiger partial charge in [-0.2, -0.15) is 0 Å². The Morgan fingerprint density at radius 1 is 1.10 bits per heavy atom. The van der Waals surface area contributed by atoms with Crippen LogP contribution in [0.25, 0.3) is 0 Å². The van der Waals surface area contributed by atoms with Gasteiger partial charge >= 0.3 is 5.97 Å². The predicted octanol–water partition coefficient (Wildman–Crippen LogP) is 1.70. The molecular weight excluding hydrogens is 374 g/mol. The molecule has 2 aromatic carbocycles. The molecule has 0 aliphatic carbocycles. The van der Waals surface area contributed by atoms with Crippen molar-refractivity contribution in [1.29, 1.82) is 0 Å². The topological polar surface area (TPSA) is 97.0 Å². The van der Waals surface area contributed by atoms with Gasteiger partial charge in [-0.3, -0.25) is 14.4 Å². The molecule has 3 rings (SSSR count). The number of rotatable bonds is 7. The summed E-state index contributed by atoms with van der Waals surface area (Å²) in [4.78, 5) is 37.5. The van der Waals surface area contributed by atoms with Gasteiger partial charge < -0.3 is 25.0 Å². The molecule has 29 heavy (non-hydrogen) atoms. The minimum absolute atomic E-state index is 0.187. The smallest absolute Gasteiger partial charge is 0.308 e. The molecule has 0 spiro atoms. The fourth-order valence-corrected chi connectivity index (χ4v) is 3.01. The van der Waals surface area contributed by atoms with E-state index in [1.807, 2.05) is 42.5 Å². The van der Waals surface area contributed by atoms with Gasteiger partial charge in [-0.1, -0.05) is 18.2 Å². The van der Waals surface area contributed by atoms with Crippen molar-refractivity contribution in [2.45, 2.75) is 12.5 Å². The summed E-state index contributed by atoms with van der Waals surface area (Å²) in [5, 5.41) is 5.92. The van der Waals surface area contributed by atoms with Gasteiger partial charge in [0.1, 0.15) is 11.8 Å². The van der Waals surface area contributed by atoms with Gasteiger partial charge in [-0.25, -0.2) is 0 Å². The Morgan fingerprint density at radius 2 is 1.79 bits per heavy atom. The molecule has 1 aliphatic heterocycles. The third-order valence-electron chi connectivity index (χ3n) is 4.52. The summed E-state index contributed by atoms with van der Waals surface area (Å²) in [5.74, 6) is -0.748. The Hall–Kier alpha value is -3.55. The predicted molar refractivity (Wildman–Crippen MR) is 107 cm³/mol. The number of carbonyl (C=O) groups is 3. The van der Waals surface area contributed by atoms with Crippen LogP contribution in [0, 0.1) is 0 Å². The van der Waals surface area contributed by atoms with E-state index in [0.717, 1.165) is 11.4 Å². The van der Waals surface area contributed by atoms with E-state index in [2.05, 4.69) is 15.4 Å². The average Bonchev–Trinajstić information content (AvgIpc) is 2.75. The van der Waals surface area contributed by atoms with Crippen molar-refractivity contribution >= 4 is 29.2 Å². The first-order chi connectivity index (χ1) is 14.1. The van der Waals surface area contributed by atoms with Crippen molar-refractivity contribution in [1.82, 2.24) is 10.2 Å². The van der Waals surface area contributed by atoms with Gasteiger partial charge in [-0.05, 0) is 36.4 Å². The quantitative estimate of drug-likeness (QED) is 0.691. The maximum atomic E-state index is 12.6. The van der Waals surface area contributed by atoms with Crippen LogP contribution in [0.1, 0.15) is 6.42 Å². The monoisotopic (exact) mass is 397 g/mol. The van der Waals surface area contributed by atoms with E-state index in [-0.39, 0.29) is 24.8 Å². The number of nitrogens with one attached hydrogen (secondary N) is 2. The molecule has 152 valence electrons. The van der Waals surface area contributed by atoms with Crippen LogP contribution in [0.4, 0.5) is 11.4 Å². The van der Waals surface area contributed by atoms with Crippen LogP contribution in [0.2, 0.25) is 0 Å². The van der Waals surface area contributed by atoms with Gasteiger partial charge in [0, 0.05) is 24.5 Å². The van der Waals surface area contributed by atoms with E-state index in [4.69, 9.17) is 4.74 Å². The maximum Gasteiger partial charge on any atom is 0.308 e. The van der Waals surface area contributed by atoms with Gasteiger partial charge in [0.15, 0.2) is 6.61 Å². The number of piperazine rings is 1. The SMILES string of the molecule is COC(=O)CC1C(=O)NCCN1C(=O)COc1ccc(Nc2ccccc2)cc1. The second-order valence-electron chi connectivity index (χ2n) is 6.48. The molecule has 0 saturated carbocycles. The lowest BCUT2D eigenvalue weighted by atomic mass is 10.1. The van der Waals surface area contributed by atoms with Crippen molar-refractivity contribution in [2.24, 2.45) is 0 Å². The van der Waals surface area contributed by atoms with Crippen molar-refractivity contribution < 1.29 is 23.9 Å². The third-order valence-corrected chi connectivity index (χ3v) is 4.52. The zero-order valence-electron chi connectivity index (χ0n) is 16.1. The van der Waals surface area contributed by atoms with Gasteiger partial charge in [-0.15, -0.1) is 0 Å². The Balaban J connectivity index is 1.56. The Kier molecular flexibility index (Phi) is 6.67. The summed E-state index contributed by atoms with van der Waals surface area (Å²) in [6, 6.07) is 16.1. The van der Waals surface area contributed by atoms with Crippen molar-refractivity contribution in [3.63, 3.8) is 0 Å². The average molecular weight is 397 g/mol. The van der Waals surface area contributed by atoms with Crippen LogP contribution in [-0.4, -0.2) is 55.5 Å². The normalized spacial score (nSPS) is 16.0. The molecule has 2 aromatic rings. The summed E-state index contributed by atoms with van der Waals surface area (Å²) >= 11 is 0. The number of carbonyl (C=O) groups excluding carboxylic acids is 3. The van der Waals surface area contributed by atoms with Crippen LogP contribution >= 0.6 is 0 Å². The lowest BCUT2D eigenvalue weighted by Crippen LogP contribution is -2.58. The highest BCUT2D eigenvalue weighted by Crippen LogP contribution is 2.20. The summed E-state index contributed by atoms with van der Waals surface area (Å²) < 4.78 is 10.2. The molecule has 1 aliphatic rings. The fraction of sp³-hybridized carbons (Fsp3) is 0.286. The summed E-state index contributed by atoms with van der Waals surface area (Å²) in [6.07, 6.45) is -0.187. The Morgan fingerprint density at radius 3 is 2.48 bits per heavy atom. The van der Waals surface area contributed by atoms with Crippen LogP contribution in [0.15, 0.2) is 54.6 Å². The van der Waals surface area contributed by atoms with E-state index < -0.39 is 12.0 Å².